The predicted octanol–water partition coefficient (Wildman–Crippen LogP) is 1.10. The number of nitrogens with one attached hydrogen (secondary N) is 3. The summed E-state index contributed by atoms with van der Waals surface area (Å²) in [5.74, 6) is -0.204. The number of hydrogen-bond acceptors (Lipinski definition) is 5. The molecule has 0 atom stereocenters. The number of anilines is 1. The largest absolute Gasteiger partial charge is 0.357 e. The van der Waals surface area contributed by atoms with Crippen molar-refractivity contribution in [2.24, 2.45) is 0 Å². The van der Waals surface area contributed by atoms with Crippen molar-refractivity contribution < 1.29 is 9.72 Å². The molecule has 9 nitrogen and oxygen atoms in total. The second-order valence-electron chi connectivity index (χ2n) is 4.56. The van der Waals surface area contributed by atoms with E-state index >= 15 is 0 Å². The van der Waals surface area contributed by atoms with E-state index in [2.05, 4.69) is 10.3 Å². The quantitative estimate of drug-likeness (QED) is 0.572. The van der Waals surface area contributed by atoms with Gasteiger partial charge in [-0.3, -0.25) is 24.7 Å². The molecule has 0 saturated heterocycles. The zero-order valence-electron chi connectivity index (χ0n) is 12.0. The normalized spacial score (nSPS) is 10.7. The van der Waals surface area contributed by atoms with E-state index in [0.717, 1.165) is 0 Å². The Morgan fingerprint density at radius 3 is 2.39 bits per heavy atom. The van der Waals surface area contributed by atoms with Crippen molar-refractivity contribution in [2.75, 3.05) is 5.32 Å². The fourth-order valence-electron chi connectivity index (χ4n) is 1.86. The van der Waals surface area contributed by atoms with Gasteiger partial charge in [0.25, 0.3) is 0 Å². The standard InChI is InChI=1S/C14H12N4O5/c1-8(19)15-10-5-2-9(3-6-10)4-7-11-12(18(22)23)13(20)17-14(21)16-11/h2-7H,1H3,(H,15,19)(H2,16,17,20,21)/b7-4+. The minimum Gasteiger partial charge on any atom is -0.326 e. The molecule has 9 heteroatoms. The highest BCUT2D eigenvalue weighted by Crippen LogP contribution is 2.14. The SMILES string of the molecule is CC(=O)Nc1ccc(/C=C/c2[nH]c(=O)[nH]c(=O)c2[N+](=O)[O-])cc1. The van der Waals surface area contributed by atoms with Gasteiger partial charge in [0, 0.05) is 12.6 Å². The van der Waals surface area contributed by atoms with Crippen LogP contribution in [-0.2, 0) is 4.79 Å². The van der Waals surface area contributed by atoms with Crippen molar-refractivity contribution in [1.82, 2.24) is 9.97 Å². The lowest BCUT2D eigenvalue weighted by molar-refractivity contribution is -0.386. The fourth-order valence-corrected chi connectivity index (χ4v) is 1.86. The molecule has 0 radical (unpaired) electrons. The molecular weight excluding hydrogens is 304 g/mol. The highest BCUT2D eigenvalue weighted by molar-refractivity contribution is 5.88. The molecular formula is C14H12N4O5. The van der Waals surface area contributed by atoms with Gasteiger partial charge >= 0.3 is 16.9 Å². The molecule has 0 aliphatic heterocycles. The van der Waals surface area contributed by atoms with Gasteiger partial charge in [-0.25, -0.2) is 4.79 Å². The summed E-state index contributed by atoms with van der Waals surface area (Å²) in [4.78, 5) is 47.7. The first-order valence-corrected chi connectivity index (χ1v) is 6.43. The average Bonchev–Trinajstić information content (AvgIpc) is 2.44. The molecule has 0 bridgehead atoms. The summed E-state index contributed by atoms with van der Waals surface area (Å²) in [5.41, 5.74) is -1.58. The number of hydrogen-bond donors (Lipinski definition) is 3. The maximum atomic E-state index is 11.5. The molecule has 23 heavy (non-hydrogen) atoms. The molecule has 0 fully saturated rings. The Morgan fingerprint density at radius 2 is 1.83 bits per heavy atom. The Kier molecular flexibility index (Phi) is 4.50. The average molecular weight is 316 g/mol. The van der Waals surface area contributed by atoms with Gasteiger partial charge in [0.2, 0.25) is 5.91 Å². The molecule has 0 saturated carbocycles. The van der Waals surface area contributed by atoms with Crippen LogP contribution >= 0.6 is 0 Å². The monoisotopic (exact) mass is 316 g/mol. The number of nitro groups is 1. The van der Waals surface area contributed by atoms with Crippen LogP contribution in [0.4, 0.5) is 11.4 Å². The zero-order valence-corrected chi connectivity index (χ0v) is 12.0. The molecule has 1 aromatic carbocycles. The van der Waals surface area contributed by atoms with E-state index in [-0.39, 0.29) is 11.6 Å². The van der Waals surface area contributed by atoms with E-state index in [1.807, 2.05) is 0 Å². The number of carbonyl (C=O) groups is 1. The number of aromatic nitrogens is 2. The zero-order chi connectivity index (χ0) is 17.0. The lowest BCUT2D eigenvalue weighted by atomic mass is 10.1. The Balaban J connectivity index is 2.33. The summed E-state index contributed by atoms with van der Waals surface area (Å²) in [6.07, 6.45) is 2.76. The second kappa shape index (κ2) is 6.52. The van der Waals surface area contributed by atoms with Gasteiger partial charge in [-0.2, -0.15) is 0 Å². The van der Waals surface area contributed by atoms with E-state index in [9.17, 15) is 24.5 Å². The van der Waals surface area contributed by atoms with Crippen molar-refractivity contribution >= 4 is 29.4 Å². The molecule has 2 aromatic rings. The van der Waals surface area contributed by atoms with Gasteiger partial charge in [-0.1, -0.05) is 18.2 Å². The van der Waals surface area contributed by atoms with E-state index < -0.39 is 21.9 Å². The topological polar surface area (TPSA) is 138 Å². The highest BCUT2D eigenvalue weighted by Gasteiger charge is 2.18. The lowest BCUT2D eigenvalue weighted by Crippen LogP contribution is -2.25. The van der Waals surface area contributed by atoms with E-state index in [4.69, 9.17) is 0 Å². The molecule has 0 aliphatic rings. The van der Waals surface area contributed by atoms with E-state index in [0.29, 0.717) is 11.3 Å². The molecule has 1 aromatic heterocycles. The number of nitrogens with zero attached hydrogens (tertiary/aromatic N) is 1. The van der Waals surface area contributed by atoms with E-state index in [1.54, 1.807) is 29.2 Å². The van der Waals surface area contributed by atoms with Crippen LogP contribution in [0.15, 0.2) is 33.9 Å². The third kappa shape index (κ3) is 4.00. The maximum absolute atomic E-state index is 11.5. The highest BCUT2D eigenvalue weighted by atomic mass is 16.6. The molecule has 3 N–H and O–H groups in total. The summed E-state index contributed by atoms with van der Waals surface area (Å²) in [7, 11) is 0. The van der Waals surface area contributed by atoms with Crippen LogP contribution in [0, 0.1) is 10.1 Å². The Labute approximate surface area is 128 Å². The first kappa shape index (κ1) is 15.9. The van der Waals surface area contributed by atoms with Gasteiger partial charge in [0.05, 0.1) is 4.92 Å². The third-order valence-corrected chi connectivity index (χ3v) is 2.80. The molecule has 2 rings (SSSR count). The number of H-pyrrole nitrogens is 2. The summed E-state index contributed by atoms with van der Waals surface area (Å²) in [5, 5.41) is 13.5. The first-order valence-electron chi connectivity index (χ1n) is 6.43. The van der Waals surface area contributed by atoms with Crippen molar-refractivity contribution in [2.45, 2.75) is 6.92 Å². The van der Waals surface area contributed by atoms with Crippen LogP contribution in [0.3, 0.4) is 0 Å². The lowest BCUT2D eigenvalue weighted by Gasteiger charge is -2.01. The summed E-state index contributed by atoms with van der Waals surface area (Å²) >= 11 is 0. The van der Waals surface area contributed by atoms with Gasteiger partial charge < -0.3 is 10.3 Å². The van der Waals surface area contributed by atoms with Gasteiger partial charge in [0.1, 0.15) is 5.69 Å². The molecule has 118 valence electrons. The number of rotatable bonds is 4. The van der Waals surface area contributed by atoms with Crippen molar-refractivity contribution in [3.05, 3.63) is 66.5 Å². The Hall–Kier alpha value is -3.49. The van der Waals surface area contributed by atoms with Crippen LogP contribution in [0.2, 0.25) is 0 Å². The smallest absolute Gasteiger partial charge is 0.326 e. The molecule has 1 amide bonds. The fraction of sp³-hybridized carbons (Fsp3) is 0.0714. The molecule has 0 spiro atoms. The van der Waals surface area contributed by atoms with Crippen LogP contribution in [-0.4, -0.2) is 20.8 Å². The van der Waals surface area contributed by atoms with Crippen molar-refractivity contribution in [3.63, 3.8) is 0 Å². The number of benzene rings is 1. The number of carbonyl (C=O) groups excluding carboxylic acids is 1. The summed E-state index contributed by atoms with van der Waals surface area (Å²) in [6.45, 7) is 1.39. The Bertz CT molecular complexity index is 893. The van der Waals surface area contributed by atoms with Crippen molar-refractivity contribution in [1.29, 1.82) is 0 Å². The van der Waals surface area contributed by atoms with Crippen LogP contribution in [0.1, 0.15) is 18.2 Å². The van der Waals surface area contributed by atoms with Crippen LogP contribution < -0.4 is 16.6 Å². The minimum absolute atomic E-state index is 0.199. The number of amides is 1. The van der Waals surface area contributed by atoms with Crippen molar-refractivity contribution in [3.8, 4) is 0 Å². The minimum atomic E-state index is -1.07. The summed E-state index contributed by atoms with van der Waals surface area (Å²) < 4.78 is 0. The third-order valence-electron chi connectivity index (χ3n) is 2.80. The van der Waals surface area contributed by atoms with E-state index in [1.165, 1.54) is 19.1 Å². The predicted molar refractivity (Wildman–Crippen MR) is 84.0 cm³/mol. The van der Waals surface area contributed by atoms with Crippen LogP contribution in [0.25, 0.3) is 12.2 Å². The molecule has 1 heterocycles. The number of aromatic amines is 2. The molecule has 0 aliphatic carbocycles. The molecule has 0 unspecified atom stereocenters. The van der Waals surface area contributed by atoms with Gasteiger partial charge in [-0.15, -0.1) is 0 Å². The van der Waals surface area contributed by atoms with Crippen LogP contribution in [0.5, 0.6) is 0 Å². The Morgan fingerprint density at radius 1 is 1.17 bits per heavy atom. The second-order valence-corrected chi connectivity index (χ2v) is 4.56. The van der Waals surface area contributed by atoms with Gasteiger partial charge in [-0.05, 0) is 23.8 Å². The first-order chi connectivity index (χ1) is 10.9. The maximum Gasteiger partial charge on any atom is 0.357 e. The summed E-state index contributed by atoms with van der Waals surface area (Å²) in [6, 6.07) is 6.63. The van der Waals surface area contributed by atoms with Gasteiger partial charge in [0.15, 0.2) is 0 Å².